The number of rotatable bonds is 3. The van der Waals surface area contributed by atoms with E-state index in [-0.39, 0.29) is 11.8 Å². The van der Waals surface area contributed by atoms with E-state index in [0.29, 0.717) is 30.1 Å². The number of anilines is 1. The van der Waals surface area contributed by atoms with Crippen LogP contribution in [0.3, 0.4) is 0 Å². The molecule has 2 aliphatic rings. The number of carbonyl (C=O) groups excluding carboxylic acids is 2. The maximum absolute atomic E-state index is 11.9. The third kappa shape index (κ3) is 2.13. The number of nitrogens with one attached hydrogen (secondary N) is 1. The Morgan fingerprint density at radius 3 is 3.00 bits per heavy atom. The maximum Gasteiger partial charge on any atom is 0.339 e. The van der Waals surface area contributed by atoms with E-state index in [9.17, 15) is 9.59 Å². The van der Waals surface area contributed by atoms with Crippen molar-refractivity contribution in [3.05, 3.63) is 17.8 Å². The van der Waals surface area contributed by atoms with Crippen molar-refractivity contribution in [3.63, 3.8) is 0 Å². The molecule has 0 aromatic carbocycles. The predicted octanol–water partition coefficient (Wildman–Crippen LogP) is 0.420. The first-order valence-electron chi connectivity index (χ1n) is 8.09. The summed E-state index contributed by atoms with van der Waals surface area (Å²) in [4.78, 5) is 34.8. The summed E-state index contributed by atoms with van der Waals surface area (Å²) in [6, 6.07) is 1.70. The molecule has 2 atom stereocenters. The van der Waals surface area contributed by atoms with E-state index in [2.05, 4.69) is 20.2 Å². The van der Waals surface area contributed by atoms with Gasteiger partial charge >= 0.3 is 5.97 Å². The van der Waals surface area contributed by atoms with E-state index in [1.54, 1.807) is 6.07 Å². The second kappa shape index (κ2) is 5.47. The first kappa shape index (κ1) is 14.9. The molecule has 2 aromatic rings. The van der Waals surface area contributed by atoms with Crippen molar-refractivity contribution in [1.82, 2.24) is 19.9 Å². The van der Waals surface area contributed by atoms with Crippen LogP contribution in [0, 0.1) is 11.8 Å². The Morgan fingerprint density at radius 1 is 1.46 bits per heavy atom. The lowest BCUT2D eigenvalue weighted by molar-refractivity contribution is -0.122. The highest BCUT2D eigenvalue weighted by Gasteiger charge is 2.43. The van der Waals surface area contributed by atoms with Gasteiger partial charge in [0.25, 0.3) is 0 Å². The normalized spacial score (nSPS) is 22.8. The average molecular weight is 329 g/mol. The molecule has 0 unspecified atom stereocenters. The van der Waals surface area contributed by atoms with Crippen LogP contribution in [0.5, 0.6) is 0 Å². The second-order valence-electron chi connectivity index (χ2n) is 6.23. The number of imidazole rings is 1. The molecule has 2 saturated heterocycles. The van der Waals surface area contributed by atoms with Crippen LogP contribution in [0.15, 0.2) is 12.3 Å². The largest absolute Gasteiger partial charge is 0.465 e. The lowest BCUT2D eigenvalue weighted by Gasteiger charge is -2.19. The predicted molar refractivity (Wildman–Crippen MR) is 86.7 cm³/mol. The molecular formula is C16H19N5O3. The van der Waals surface area contributed by atoms with E-state index in [1.165, 1.54) is 13.3 Å². The van der Waals surface area contributed by atoms with Crippen LogP contribution in [0.1, 0.15) is 17.3 Å². The summed E-state index contributed by atoms with van der Waals surface area (Å²) in [5.41, 5.74) is 1.79. The Kier molecular flexibility index (Phi) is 3.40. The number of nitrogens with zero attached hydrogens (tertiary/aromatic N) is 4. The minimum absolute atomic E-state index is 0.0358. The van der Waals surface area contributed by atoms with Crippen LogP contribution in [-0.4, -0.2) is 53.2 Å². The van der Waals surface area contributed by atoms with E-state index in [1.807, 2.05) is 11.5 Å². The van der Waals surface area contributed by atoms with Crippen LogP contribution in [0.4, 0.5) is 5.95 Å². The number of pyridine rings is 1. The summed E-state index contributed by atoms with van der Waals surface area (Å²) < 4.78 is 6.77. The zero-order valence-corrected chi connectivity index (χ0v) is 13.7. The molecular weight excluding hydrogens is 310 g/mol. The fourth-order valence-corrected chi connectivity index (χ4v) is 3.66. The standard InChI is InChI=1S/C16H19N5O3/c1-3-21-13-12(4-9(5-17-13)15(23)24-2)19-16(21)20-7-10-6-18-14(22)11(10)8-20/h4-5,10-11H,3,6-8H2,1-2H3,(H,18,22)/t10-,11+/m0/s1. The zero-order chi connectivity index (χ0) is 16.8. The van der Waals surface area contributed by atoms with Gasteiger partial charge in [0, 0.05) is 38.3 Å². The molecule has 4 heterocycles. The summed E-state index contributed by atoms with van der Waals surface area (Å²) in [6.07, 6.45) is 1.51. The minimum Gasteiger partial charge on any atom is -0.465 e. The second-order valence-corrected chi connectivity index (χ2v) is 6.23. The van der Waals surface area contributed by atoms with Crippen LogP contribution in [-0.2, 0) is 16.1 Å². The number of ether oxygens (including phenoxy) is 1. The lowest BCUT2D eigenvalue weighted by Crippen LogP contribution is -2.30. The molecule has 8 heteroatoms. The molecule has 0 aliphatic carbocycles. The van der Waals surface area contributed by atoms with Gasteiger partial charge in [-0.05, 0) is 13.0 Å². The van der Waals surface area contributed by atoms with Crippen LogP contribution in [0.2, 0.25) is 0 Å². The Labute approximate surface area is 138 Å². The number of fused-ring (bicyclic) bond motifs is 2. The third-order valence-corrected chi connectivity index (χ3v) is 4.90. The van der Waals surface area contributed by atoms with Gasteiger partial charge in [-0.1, -0.05) is 0 Å². The van der Waals surface area contributed by atoms with Crippen molar-refractivity contribution in [2.24, 2.45) is 11.8 Å². The first-order valence-corrected chi connectivity index (χ1v) is 8.09. The van der Waals surface area contributed by atoms with Gasteiger partial charge in [0.1, 0.15) is 5.52 Å². The molecule has 8 nitrogen and oxygen atoms in total. The topological polar surface area (TPSA) is 89.3 Å². The van der Waals surface area contributed by atoms with Gasteiger partial charge in [-0.15, -0.1) is 0 Å². The number of aromatic nitrogens is 3. The SMILES string of the molecule is CCn1c(N2C[C@@H]3CNC(=O)[C@@H]3C2)nc2cc(C(=O)OC)cnc21. The summed E-state index contributed by atoms with van der Waals surface area (Å²) in [7, 11) is 1.34. The number of carbonyl (C=O) groups is 2. The van der Waals surface area contributed by atoms with Gasteiger partial charge in [-0.25, -0.2) is 14.8 Å². The quantitative estimate of drug-likeness (QED) is 0.821. The molecule has 2 aromatic heterocycles. The first-order chi connectivity index (χ1) is 11.6. The summed E-state index contributed by atoms with van der Waals surface area (Å²) in [6.45, 7) is 4.95. The average Bonchev–Trinajstić information content (AvgIpc) is 3.26. The maximum atomic E-state index is 11.9. The minimum atomic E-state index is -0.427. The van der Waals surface area contributed by atoms with Gasteiger partial charge < -0.3 is 15.0 Å². The third-order valence-electron chi connectivity index (χ3n) is 4.90. The van der Waals surface area contributed by atoms with E-state index >= 15 is 0 Å². The molecule has 2 aliphatic heterocycles. The lowest BCUT2D eigenvalue weighted by atomic mass is 10.0. The van der Waals surface area contributed by atoms with Gasteiger partial charge in [0.05, 0.1) is 18.6 Å². The Morgan fingerprint density at radius 2 is 2.29 bits per heavy atom. The molecule has 0 saturated carbocycles. The number of amides is 1. The highest BCUT2D eigenvalue weighted by atomic mass is 16.5. The van der Waals surface area contributed by atoms with Crippen molar-refractivity contribution in [3.8, 4) is 0 Å². The molecule has 0 radical (unpaired) electrons. The Balaban J connectivity index is 1.73. The van der Waals surface area contributed by atoms with Crippen molar-refractivity contribution in [2.45, 2.75) is 13.5 Å². The van der Waals surface area contributed by atoms with Crippen LogP contribution >= 0.6 is 0 Å². The summed E-state index contributed by atoms with van der Waals surface area (Å²) in [5, 5.41) is 2.92. The molecule has 24 heavy (non-hydrogen) atoms. The summed E-state index contributed by atoms with van der Waals surface area (Å²) in [5.74, 6) is 0.885. The molecule has 1 amide bonds. The Bertz CT molecular complexity index is 830. The van der Waals surface area contributed by atoms with E-state index < -0.39 is 5.97 Å². The van der Waals surface area contributed by atoms with Gasteiger partial charge in [-0.2, -0.15) is 0 Å². The number of hydrogen-bond donors (Lipinski definition) is 1. The van der Waals surface area contributed by atoms with Gasteiger partial charge in [-0.3, -0.25) is 9.36 Å². The van der Waals surface area contributed by atoms with Crippen molar-refractivity contribution in [2.75, 3.05) is 31.6 Å². The number of hydrogen-bond acceptors (Lipinski definition) is 6. The van der Waals surface area contributed by atoms with E-state index in [4.69, 9.17) is 4.74 Å². The Hall–Kier alpha value is -2.64. The highest BCUT2D eigenvalue weighted by molar-refractivity contribution is 5.92. The fraction of sp³-hybridized carbons (Fsp3) is 0.500. The van der Waals surface area contributed by atoms with Crippen molar-refractivity contribution in [1.29, 1.82) is 0 Å². The van der Waals surface area contributed by atoms with Gasteiger partial charge in [0.2, 0.25) is 11.9 Å². The molecule has 2 fully saturated rings. The molecule has 126 valence electrons. The fourth-order valence-electron chi connectivity index (χ4n) is 3.66. The number of esters is 1. The van der Waals surface area contributed by atoms with Gasteiger partial charge in [0.15, 0.2) is 5.65 Å². The molecule has 0 spiro atoms. The van der Waals surface area contributed by atoms with E-state index in [0.717, 1.165) is 24.7 Å². The van der Waals surface area contributed by atoms with Crippen molar-refractivity contribution >= 4 is 29.0 Å². The molecule has 1 N–H and O–H groups in total. The van der Waals surface area contributed by atoms with Crippen LogP contribution < -0.4 is 10.2 Å². The monoisotopic (exact) mass is 329 g/mol. The molecule has 0 bridgehead atoms. The highest BCUT2D eigenvalue weighted by Crippen LogP contribution is 2.32. The smallest absolute Gasteiger partial charge is 0.339 e. The number of methoxy groups -OCH3 is 1. The van der Waals surface area contributed by atoms with Crippen molar-refractivity contribution < 1.29 is 14.3 Å². The molecule has 4 rings (SSSR count). The van der Waals surface area contributed by atoms with Crippen LogP contribution in [0.25, 0.3) is 11.2 Å². The number of aryl methyl sites for hydroxylation is 1. The zero-order valence-electron chi connectivity index (χ0n) is 13.7. The summed E-state index contributed by atoms with van der Waals surface area (Å²) >= 11 is 0.